The first-order chi connectivity index (χ1) is 16.8. The number of nitrogens with zero attached hydrogens (tertiary/aromatic N) is 1. The normalized spacial score (nSPS) is 18.5. The van der Waals surface area contributed by atoms with Crippen LogP contribution in [0.5, 0.6) is 0 Å². The van der Waals surface area contributed by atoms with Gasteiger partial charge in [-0.05, 0) is 74.9 Å². The Hall–Kier alpha value is -2.81. The van der Waals surface area contributed by atoms with Gasteiger partial charge in [0.05, 0.1) is 23.0 Å². The summed E-state index contributed by atoms with van der Waals surface area (Å²) in [7, 11) is -1.29. The largest absolute Gasteiger partial charge is 0.352 e. The van der Waals surface area contributed by atoms with Gasteiger partial charge in [-0.25, -0.2) is 18.1 Å². The Morgan fingerprint density at radius 1 is 0.971 bits per heavy atom. The summed E-state index contributed by atoms with van der Waals surface area (Å²) in [4.78, 5) is 18.1. The summed E-state index contributed by atoms with van der Waals surface area (Å²) in [5, 5.41) is 7.27. The third-order valence-electron chi connectivity index (χ3n) is 6.73. The fourth-order valence-electron chi connectivity index (χ4n) is 4.83. The standard InChI is InChI=1S/C27H34N4O3S/c1-28-16-19-10-12-20(13-11-19)17-29-27(32)24-15-26(31-25-9-4-3-8-23(24)25)22-7-5-6-21(14-22)18-30-35(2,33)34/h3-9,14-15,19-20,28,30H,10-13,16-18H2,1-2H3,(H,29,32). The maximum Gasteiger partial charge on any atom is 0.252 e. The van der Waals surface area contributed by atoms with E-state index in [2.05, 4.69) is 15.4 Å². The highest BCUT2D eigenvalue weighted by Gasteiger charge is 2.22. The summed E-state index contributed by atoms with van der Waals surface area (Å²) < 4.78 is 25.5. The average Bonchev–Trinajstić information content (AvgIpc) is 2.86. The van der Waals surface area contributed by atoms with Gasteiger partial charge in [-0.1, -0.05) is 36.4 Å². The molecule has 0 radical (unpaired) electrons. The molecule has 0 unspecified atom stereocenters. The van der Waals surface area contributed by atoms with Crippen LogP contribution in [0.25, 0.3) is 22.2 Å². The van der Waals surface area contributed by atoms with Crippen LogP contribution in [0.3, 0.4) is 0 Å². The lowest BCUT2D eigenvalue weighted by Gasteiger charge is -2.28. The molecule has 35 heavy (non-hydrogen) atoms. The Bertz CT molecular complexity index is 1280. The molecule has 186 valence electrons. The number of nitrogens with one attached hydrogen (secondary N) is 3. The highest BCUT2D eigenvalue weighted by atomic mass is 32.2. The maximum absolute atomic E-state index is 13.3. The summed E-state index contributed by atoms with van der Waals surface area (Å²) in [5.41, 5.74) is 3.70. The molecule has 1 heterocycles. The van der Waals surface area contributed by atoms with E-state index in [-0.39, 0.29) is 12.5 Å². The number of hydrogen-bond donors (Lipinski definition) is 3. The van der Waals surface area contributed by atoms with E-state index in [1.54, 1.807) is 0 Å². The number of carbonyl (C=O) groups excluding carboxylic acids is 1. The number of amides is 1. The predicted molar refractivity (Wildman–Crippen MR) is 141 cm³/mol. The molecule has 1 saturated carbocycles. The minimum absolute atomic E-state index is 0.0860. The van der Waals surface area contributed by atoms with Crippen molar-refractivity contribution in [1.29, 1.82) is 0 Å². The molecule has 1 amide bonds. The molecule has 3 N–H and O–H groups in total. The predicted octanol–water partition coefficient (Wildman–Crippen LogP) is 3.71. The van der Waals surface area contributed by atoms with Crippen LogP contribution in [-0.4, -0.2) is 45.7 Å². The maximum atomic E-state index is 13.3. The lowest BCUT2D eigenvalue weighted by molar-refractivity contribution is 0.0943. The van der Waals surface area contributed by atoms with E-state index in [1.165, 1.54) is 12.8 Å². The number of rotatable bonds is 9. The van der Waals surface area contributed by atoms with Crippen molar-refractivity contribution >= 4 is 26.8 Å². The van der Waals surface area contributed by atoms with Gasteiger partial charge in [-0.3, -0.25) is 4.79 Å². The van der Waals surface area contributed by atoms with Crippen LogP contribution < -0.4 is 15.4 Å². The van der Waals surface area contributed by atoms with E-state index in [4.69, 9.17) is 4.98 Å². The number of pyridine rings is 1. The van der Waals surface area contributed by atoms with Crippen molar-refractivity contribution in [2.75, 3.05) is 26.4 Å². The fourth-order valence-corrected chi connectivity index (χ4v) is 5.26. The third-order valence-corrected chi connectivity index (χ3v) is 7.40. The van der Waals surface area contributed by atoms with E-state index in [0.717, 1.165) is 53.6 Å². The first-order valence-electron chi connectivity index (χ1n) is 12.2. The van der Waals surface area contributed by atoms with Gasteiger partial charge in [0, 0.05) is 24.0 Å². The molecule has 4 rings (SSSR count). The van der Waals surface area contributed by atoms with E-state index in [9.17, 15) is 13.2 Å². The first kappa shape index (κ1) is 25.3. The lowest BCUT2D eigenvalue weighted by atomic mass is 9.82. The second kappa shape index (κ2) is 11.3. The van der Waals surface area contributed by atoms with Gasteiger partial charge in [-0.2, -0.15) is 0 Å². The summed E-state index contributed by atoms with van der Waals surface area (Å²) in [5.74, 6) is 1.16. The molecule has 1 aliphatic rings. The molecule has 7 nitrogen and oxygen atoms in total. The SMILES string of the molecule is CNCC1CCC(CNC(=O)c2cc(-c3cccc(CNS(C)(=O)=O)c3)nc3ccccc23)CC1. The van der Waals surface area contributed by atoms with Crippen LogP contribution in [-0.2, 0) is 16.6 Å². The monoisotopic (exact) mass is 494 g/mol. The molecule has 0 aliphatic heterocycles. The third kappa shape index (κ3) is 6.87. The van der Waals surface area contributed by atoms with Crippen molar-refractivity contribution in [2.24, 2.45) is 11.8 Å². The first-order valence-corrected chi connectivity index (χ1v) is 14.1. The Morgan fingerprint density at radius 2 is 1.69 bits per heavy atom. The molecular weight excluding hydrogens is 460 g/mol. The smallest absolute Gasteiger partial charge is 0.252 e. The summed E-state index contributed by atoms with van der Waals surface area (Å²) in [6.07, 6.45) is 5.83. The molecule has 0 saturated heterocycles. The van der Waals surface area contributed by atoms with Gasteiger partial charge in [0.1, 0.15) is 0 Å². The highest BCUT2D eigenvalue weighted by molar-refractivity contribution is 7.88. The number of carbonyl (C=O) groups is 1. The minimum atomic E-state index is -3.29. The van der Waals surface area contributed by atoms with Gasteiger partial charge in [0.25, 0.3) is 5.91 Å². The Balaban J connectivity index is 1.53. The zero-order chi connectivity index (χ0) is 24.8. The molecule has 8 heteroatoms. The van der Waals surface area contributed by atoms with Crippen LogP contribution >= 0.6 is 0 Å². The van der Waals surface area contributed by atoms with Crippen LogP contribution in [0.15, 0.2) is 54.6 Å². The van der Waals surface area contributed by atoms with E-state index in [1.807, 2.05) is 61.6 Å². The molecule has 2 aromatic carbocycles. The second-order valence-electron chi connectivity index (χ2n) is 9.52. The molecular formula is C27H34N4O3S. The summed E-state index contributed by atoms with van der Waals surface area (Å²) in [6, 6.07) is 17.1. The highest BCUT2D eigenvalue weighted by Crippen LogP contribution is 2.29. The van der Waals surface area contributed by atoms with Crippen LogP contribution in [0.1, 0.15) is 41.6 Å². The summed E-state index contributed by atoms with van der Waals surface area (Å²) in [6.45, 7) is 1.95. The Morgan fingerprint density at radius 3 is 2.40 bits per heavy atom. The molecule has 0 atom stereocenters. The van der Waals surface area contributed by atoms with Crippen molar-refractivity contribution in [1.82, 2.24) is 20.3 Å². The topological polar surface area (TPSA) is 100 Å². The molecule has 0 bridgehead atoms. The quantitative estimate of drug-likeness (QED) is 0.421. The van der Waals surface area contributed by atoms with E-state index in [0.29, 0.717) is 23.7 Å². The molecule has 1 fully saturated rings. The van der Waals surface area contributed by atoms with Gasteiger partial charge in [0.2, 0.25) is 10.0 Å². The number of sulfonamides is 1. The van der Waals surface area contributed by atoms with Crippen molar-refractivity contribution in [2.45, 2.75) is 32.2 Å². The number of benzene rings is 2. The van der Waals surface area contributed by atoms with Gasteiger partial charge in [0.15, 0.2) is 0 Å². The molecule has 3 aromatic rings. The molecule has 1 aromatic heterocycles. The zero-order valence-electron chi connectivity index (χ0n) is 20.4. The van der Waals surface area contributed by atoms with E-state index >= 15 is 0 Å². The average molecular weight is 495 g/mol. The fraction of sp³-hybridized carbons (Fsp3) is 0.407. The number of fused-ring (bicyclic) bond motifs is 1. The van der Waals surface area contributed by atoms with Crippen molar-refractivity contribution < 1.29 is 13.2 Å². The molecule has 1 aliphatic carbocycles. The zero-order valence-corrected chi connectivity index (χ0v) is 21.2. The van der Waals surface area contributed by atoms with Crippen LogP contribution in [0.4, 0.5) is 0 Å². The minimum Gasteiger partial charge on any atom is -0.352 e. The molecule has 0 spiro atoms. The van der Waals surface area contributed by atoms with Crippen molar-refractivity contribution in [3.63, 3.8) is 0 Å². The number of para-hydroxylation sites is 1. The number of aromatic nitrogens is 1. The Labute approximate surface area is 207 Å². The van der Waals surface area contributed by atoms with Gasteiger partial charge in [-0.15, -0.1) is 0 Å². The van der Waals surface area contributed by atoms with Crippen molar-refractivity contribution in [3.05, 3.63) is 65.7 Å². The second-order valence-corrected chi connectivity index (χ2v) is 11.4. The van der Waals surface area contributed by atoms with E-state index < -0.39 is 10.0 Å². The Kier molecular flexibility index (Phi) is 8.15. The van der Waals surface area contributed by atoms with Crippen LogP contribution in [0, 0.1) is 11.8 Å². The summed E-state index contributed by atoms with van der Waals surface area (Å²) >= 11 is 0. The van der Waals surface area contributed by atoms with Gasteiger partial charge < -0.3 is 10.6 Å². The van der Waals surface area contributed by atoms with Crippen LogP contribution in [0.2, 0.25) is 0 Å². The van der Waals surface area contributed by atoms with Gasteiger partial charge >= 0.3 is 0 Å². The van der Waals surface area contributed by atoms with Crippen molar-refractivity contribution in [3.8, 4) is 11.3 Å². The lowest BCUT2D eigenvalue weighted by Crippen LogP contribution is -2.32. The number of hydrogen-bond acceptors (Lipinski definition) is 5.